The van der Waals surface area contributed by atoms with Crippen molar-refractivity contribution in [3.63, 3.8) is 0 Å². The first-order valence-electron chi connectivity index (χ1n) is 6.95. The van der Waals surface area contributed by atoms with Crippen molar-refractivity contribution in [2.45, 2.75) is 25.7 Å². The molecule has 3 nitrogen and oxygen atoms in total. The van der Waals surface area contributed by atoms with E-state index in [1.54, 1.807) is 0 Å². The van der Waals surface area contributed by atoms with Crippen molar-refractivity contribution in [1.82, 2.24) is 15.3 Å². The average Bonchev–Trinajstić information content (AvgIpc) is 2.72. The fourth-order valence-electron chi connectivity index (χ4n) is 2.54. The molecule has 0 aliphatic carbocycles. The van der Waals surface area contributed by atoms with Crippen LogP contribution >= 0.6 is 0 Å². The van der Waals surface area contributed by atoms with Gasteiger partial charge in [0.25, 0.3) is 0 Å². The summed E-state index contributed by atoms with van der Waals surface area (Å²) in [5, 5.41) is 3.41. The quantitative estimate of drug-likeness (QED) is 0.892. The summed E-state index contributed by atoms with van der Waals surface area (Å²) in [6, 6.07) is 10.5. The maximum atomic E-state index is 4.80. The molecule has 1 aliphatic heterocycles. The van der Waals surface area contributed by atoms with E-state index in [1.807, 2.05) is 12.3 Å². The molecule has 3 heteroatoms. The Labute approximate surface area is 114 Å². The van der Waals surface area contributed by atoms with Crippen molar-refractivity contribution in [2.24, 2.45) is 0 Å². The topological polar surface area (TPSA) is 37.8 Å². The van der Waals surface area contributed by atoms with Gasteiger partial charge in [0.05, 0.1) is 0 Å². The first kappa shape index (κ1) is 12.3. The number of benzene rings is 1. The number of aromatic nitrogens is 2. The molecule has 0 bridgehead atoms. The Morgan fingerprint density at radius 1 is 1.11 bits per heavy atom. The predicted octanol–water partition coefficient (Wildman–Crippen LogP) is 2.32. The smallest absolute Gasteiger partial charge is 0.135 e. The lowest BCUT2D eigenvalue weighted by Crippen LogP contribution is -2.16. The third kappa shape index (κ3) is 2.66. The minimum atomic E-state index is 0.253. The summed E-state index contributed by atoms with van der Waals surface area (Å²) in [6.45, 7) is 4.22. The van der Waals surface area contributed by atoms with Crippen LogP contribution in [0.25, 0.3) is 0 Å². The molecule has 1 aromatic heterocycles. The molecular formula is C16H19N3. The fourth-order valence-corrected chi connectivity index (χ4v) is 2.54. The molecule has 19 heavy (non-hydrogen) atoms. The van der Waals surface area contributed by atoms with Gasteiger partial charge in [-0.1, -0.05) is 37.3 Å². The molecule has 1 unspecified atom stereocenters. The number of nitrogens with one attached hydrogen (secondary N) is 1. The van der Waals surface area contributed by atoms with Crippen LogP contribution in [0.1, 0.15) is 35.5 Å². The number of hydrogen-bond acceptors (Lipinski definition) is 3. The van der Waals surface area contributed by atoms with E-state index in [1.165, 1.54) is 16.8 Å². The Morgan fingerprint density at radius 2 is 1.89 bits per heavy atom. The van der Waals surface area contributed by atoms with E-state index >= 15 is 0 Å². The normalized spacial score (nSPS) is 16.5. The van der Waals surface area contributed by atoms with Gasteiger partial charge < -0.3 is 5.32 Å². The van der Waals surface area contributed by atoms with Crippen LogP contribution in [-0.2, 0) is 12.8 Å². The molecule has 0 fully saturated rings. The van der Waals surface area contributed by atoms with Crippen LogP contribution in [0.5, 0.6) is 0 Å². The third-order valence-corrected chi connectivity index (χ3v) is 3.77. The Kier molecular flexibility index (Phi) is 3.56. The van der Waals surface area contributed by atoms with E-state index in [0.717, 1.165) is 31.8 Å². The molecule has 1 aliphatic rings. The summed E-state index contributed by atoms with van der Waals surface area (Å²) >= 11 is 0. The summed E-state index contributed by atoms with van der Waals surface area (Å²) in [4.78, 5) is 9.37. The van der Waals surface area contributed by atoms with E-state index < -0.39 is 0 Å². The lowest BCUT2D eigenvalue weighted by Gasteiger charge is -2.13. The molecule has 1 aromatic carbocycles. The van der Waals surface area contributed by atoms with Crippen molar-refractivity contribution >= 4 is 0 Å². The molecule has 1 atom stereocenters. The zero-order valence-corrected chi connectivity index (χ0v) is 11.3. The average molecular weight is 253 g/mol. The van der Waals surface area contributed by atoms with E-state index in [2.05, 4.69) is 41.5 Å². The fraction of sp³-hybridized carbons (Fsp3) is 0.375. The van der Waals surface area contributed by atoms with Crippen molar-refractivity contribution in [2.75, 3.05) is 13.1 Å². The van der Waals surface area contributed by atoms with Crippen LogP contribution < -0.4 is 5.32 Å². The molecule has 2 aromatic rings. The predicted molar refractivity (Wildman–Crippen MR) is 76.3 cm³/mol. The molecule has 3 rings (SSSR count). The van der Waals surface area contributed by atoms with Crippen LogP contribution in [0.3, 0.4) is 0 Å². The van der Waals surface area contributed by atoms with Gasteiger partial charge in [0.1, 0.15) is 5.82 Å². The molecule has 98 valence electrons. The van der Waals surface area contributed by atoms with Gasteiger partial charge in [0, 0.05) is 30.8 Å². The first-order valence-corrected chi connectivity index (χ1v) is 6.95. The molecule has 0 spiro atoms. The second kappa shape index (κ2) is 5.49. The van der Waals surface area contributed by atoms with E-state index in [9.17, 15) is 0 Å². The zero-order chi connectivity index (χ0) is 13.1. The standard InChI is InChI=1S/C16H19N3/c1-12(13-5-3-2-4-6-13)16-18-11-14-7-9-17-10-8-15(14)19-16/h2-6,11-12,17H,7-10H2,1H3. The van der Waals surface area contributed by atoms with Crippen LogP contribution in [0.15, 0.2) is 36.5 Å². The van der Waals surface area contributed by atoms with E-state index in [0.29, 0.717) is 0 Å². The summed E-state index contributed by atoms with van der Waals surface area (Å²) in [5.41, 5.74) is 3.79. The van der Waals surface area contributed by atoms with Gasteiger partial charge in [-0.25, -0.2) is 9.97 Å². The van der Waals surface area contributed by atoms with Gasteiger partial charge >= 0.3 is 0 Å². The van der Waals surface area contributed by atoms with Crippen molar-refractivity contribution in [3.05, 3.63) is 59.2 Å². The highest BCUT2D eigenvalue weighted by Crippen LogP contribution is 2.22. The van der Waals surface area contributed by atoms with Crippen LogP contribution in [0.2, 0.25) is 0 Å². The molecular weight excluding hydrogens is 234 g/mol. The highest BCUT2D eigenvalue weighted by atomic mass is 14.9. The summed E-state index contributed by atoms with van der Waals surface area (Å²) in [5.74, 6) is 1.19. The zero-order valence-electron chi connectivity index (χ0n) is 11.3. The Balaban J connectivity index is 1.91. The van der Waals surface area contributed by atoms with Gasteiger partial charge in [-0.15, -0.1) is 0 Å². The SMILES string of the molecule is CC(c1ccccc1)c1ncc2c(n1)CCNCC2. The Morgan fingerprint density at radius 3 is 2.74 bits per heavy atom. The maximum Gasteiger partial charge on any atom is 0.135 e. The van der Waals surface area contributed by atoms with Gasteiger partial charge in [0.2, 0.25) is 0 Å². The summed E-state index contributed by atoms with van der Waals surface area (Å²) in [6.07, 6.45) is 4.06. The van der Waals surface area contributed by atoms with Crippen LogP contribution in [-0.4, -0.2) is 23.1 Å². The molecule has 1 N–H and O–H groups in total. The second-order valence-corrected chi connectivity index (χ2v) is 5.08. The number of hydrogen-bond donors (Lipinski definition) is 1. The molecule has 0 radical (unpaired) electrons. The van der Waals surface area contributed by atoms with Crippen molar-refractivity contribution in [1.29, 1.82) is 0 Å². The highest BCUT2D eigenvalue weighted by Gasteiger charge is 2.15. The number of fused-ring (bicyclic) bond motifs is 1. The monoisotopic (exact) mass is 253 g/mol. The van der Waals surface area contributed by atoms with Gasteiger partial charge in [-0.05, 0) is 24.1 Å². The van der Waals surface area contributed by atoms with Crippen LogP contribution in [0, 0.1) is 0 Å². The lowest BCUT2D eigenvalue weighted by molar-refractivity contribution is 0.707. The number of nitrogens with zero attached hydrogens (tertiary/aromatic N) is 2. The van der Waals surface area contributed by atoms with E-state index in [4.69, 9.17) is 4.98 Å². The first-order chi connectivity index (χ1) is 9.34. The minimum absolute atomic E-state index is 0.253. The molecule has 0 saturated carbocycles. The molecule has 0 saturated heterocycles. The van der Waals surface area contributed by atoms with Crippen LogP contribution in [0.4, 0.5) is 0 Å². The van der Waals surface area contributed by atoms with Gasteiger partial charge in [-0.3, -0.25) is 0 Å². The maximum absolute atomic E-state index is 4.80. The summed E-state index contributed by atoms with van der Waals surface area (Å²) < 4.78 is 0. The van der Waals surface area contributed by atoms with Gasteiger partial charge in [0.15, 0.2) is 0 Å². The Bertz CT molecular complexity index is 551. The molecule has 0 amide bonds. The minimum Gasteiger partial charge on any atom is -0.316 e. The van der Waals surface area contributed by atoms with Crippen molar-refractivity contribution < 1.29 is 0 Å². The second-order valence-electron chi connectivity index (χ2n) is 5.08. The largest absolute Gasteiger partial charge is 0.316 e. The number of rotatable bonds is 2. The van der Waals surface area contributed by atoms with Gasteiger partial charge in [-0.2, -0.15) is 0 Å². The third-order valence-electron chi connectivity index (χ3n) is 3.77. The van der Waals surface area contributed by atoms with Crippen molar-refractivity contribution in [3.8, 4) is 0 Å². The molecule has 2 heterocycles. The lowest BCUT2D eigenvalue weighted by atomic mass is 10.00. The van der Waals surface area contributed by atoms with E-state index in [-0.39, 0.29) is 5.92 Å². The Hall–Kier alpha value is -1.74. The summed E-state index contributed by atoms with van der Waals surface area (Å²) in [7, 11) is 0. The highest BCUT2D eigenvalue weighted by molar-refractivity contribution is 5.27.